The lowest BCUT2D eigenvalue weighted by Crippen LogP contribution is -2.47. The maximum atomic E-state index is 12.4. The van der Waals surface area contributed by atoms with Crippen LogP contribution in [-0.4, -0.2) is 44.2 Å². The first-order chi connectivity index (χ1) is 11.0. The standard InChI is InChI=1S/C15H20BrN3O4.ClH/c1-23-10-15(4-6-17-7-5-15)9-18-14(20)12-3-2-11(19(21)22)8-13(12)16;/h2-3,8,17H,4-7,9-10H2,1H3,(H,18,20);1H. The Hall–Kier alpha value is -1.22. The lowest BCUT2D eigenvalue weighted by atomic mass is 9.79. The van der Waals surface area contributed by atoms with Gasteiger partial charge in [-0.2, -0.15) is 0 Å². The molecule has 0 radical (unpaired) electrons. The molecule has 24 heavy (non-hydrogen) atoms. The predicted octanol–water partition coefficient (Wildman–Crippen LogP) is 2.53. The lowest BCUT2D eigenvalue weighted by Gasteiger charge is -2.37. The van der Waals surface area contributed by atoms with Gasteiger partial charge in [0.1, 0.15) is 0 Å². The Labute approximate surface area is 155 Å². The zero-order valence-electron chi connectivity index (χ0n) is 13.3. The van der Waals surface area contributed by atoms with E-state index < -0.39 is 4.92 Å². The summed E-state index contributed by atoms with van der Waals surface area (Å²) in [5.41, 5.74) is 0.267. The van der Waals surface area contributed by atoms with E-state index in [1.54, 1.807) is 7.11 Å². The molecule has 0 spiro atoms. The second kappa shape index (κ2) is 9.31. The Kier molecular flexibility index (Phi) is 8.08. The molecule has 0 saturated carbocycles. The predicted molar refractivity (Wildman–Crippen MR) is 96.8 cm³/mol. The summed E-state index contributed by atoms with van der Waals surface area (Å²) >= 11 is 3.23. The number of hydrogen-bond acceptors (Lipinski definition) is 5. The number of carbonyl (C=O) groups excluding carboxylic acids is 1. The van der Waals surface area contributed by atoms with Crippen molar-refractivity contribution in [2.45, 2.75) is 12.8 Å². The fourth-order valence-corrected chi connectivity index (χ4v) is 3.35. The van der Waals surface area contributed by atoms with E-state index in [9.17, 15) is 14.9 Å². The topological polar surface area (TPSA) is 93.5 Å². The quantitative estimate of drug-likeness (QED) is 0.543. The number of methoxy groups -OCH3 is 1. The third kappa shape index (κ3) is 5.14. The van der Waals surface area contributed by atoms with Gasteiger partial charge in [-0.25, -0.2) is 0 Å². The molecule has 134 valence electrons. The van der Waals surface area contributed by atoms with Crippen LogP contribution in [-0.2, 0) is 4.74 Å². The number of rotatable bonds is 6. The van der Waals surface area contributed by atoms with Crippen molar-refractivity contribution in [2.24, 2.45) is 5.41 Å². The van der Waals surface area contributed by atoms with E-state index >= 15 is 0 Å². The molecule has 1 saturated heterocycles. The summed E-state index contributed by atoms with van der Waals surface area (Å²) in [6.45, 7) is 2.92. The van der Waals surface area contributed by atoms with Crippen LogP contribution in [0.3, 0.4) is 0 Å². The van der Waals surface area contributed by atoms with Crippen LogP contribution < -0.4 is 10.6 Å². The molecule has 0 atom stereocenters. The highest BCUT2D eigenvalue weighted by Gasteiger charge is 2.32. The molecule has 0 aromatic heterocycles. The van der Waals surface area contributed by atoms with Crippen LogP contribution in [0.25, 0.3) is 0 Å². The van der Waals surface area contributed by atoms with E-state index in [1.165, 1.54) is 18.2 Å². The number of non-ortho nitro benzene ring substituents is 1. The fraction of sp³-hybridized carbons (Fsp3) is 0.533. The van der Waals surface area contributed by atoms with Crippen molar-refractivity contribution in [3.8, 4) is 0 Å². The molecular weight excluding hydrogens is 402 g/mol. The van der Waals surface area contributed by atoms with Gasteiger partial charge >= 0.3 is 0 Å². The van der Waals surface area contributed by atoms with Crippen LogP contribution >= 0.6 is 28.3 Å². The van der Waals surface area contributed by atoms with Gasteiger partial charge in [-0.1, -0.05) is 0 Å². The third-order valence-electron chi connectivity index (χ3n) is 4.15. The number of hydrogen-bond donors (Lipinski definition) is 2. The molecule has 7 nitrogen and oxygen atoms in total. The molecule has 0 bridgehead atoms. The summed E-state index contributed by atoms with van der Waals surface area (Å²) < 4.78 is 5.74. The first-order valence-electron chi connectivity index (χ1n) is 7.39. The first kappa shape index (κ1) is 20.8. The number of ether oxygens (including phenoxy) is 1. The Balaban J connectivity index is 0.00000288. The molecular formula is C15H21BrClN3O4. The van der Waals surface area contributed by atoms with Gasteiger partial charge < -0.3 is 15.4 Å². The van der Waals surface area contributed by atoms with Crippen molar-refractivity contribution >= 4 is 39.9 Å². The molecule has 1 fully saturated rings. The van der Waals surface area contributed by atoms with Gasteiger partial charge in [-0.15, -0.1) is 12.4 Å². The Morgan fingerprint density at radius 2 is 2.12 bits per heavy atom. The van der Waals surface area contributed by atoms with Gasteiger partial charge in [0.15, 0.2) is 0 Å². The van der Waals surface area contributed by atoms with Gasteiger partial charge in [0.25, 0.3) is 11.6 Å². The molecule has 1 heterocycles. The van der Waals surface area contributed by atoms with E-state index in [1.807, 2.05) is 0 Å². The minimum absolute atomic E-state index is 0. The normalized spacial score (nSPS) is 16.1. The Morgan fingerprint density at radius 1 is 1.46 bits per heavy atom. The Morgan fingerprint density at radius 3 is 2.67 bits per heavy atom. The van der Waals surface area contributed by atoms with Crippen LogP contribution in [0.4, 0.5) is 5.69 Å². The molecule has 1 aromatic rings. The van der Waals surface area contributed by atoms with E-state index in [2.05, 4.69) is 26.6 Å². The zero-order chi connectivity index (χ0) is 16.9. The van der Waals surface area contributed by atoms with Gasteiger partial charge in [0, 0.05) is 35.7 Å². The van der Waals surface area contributed by atoms with E-state index in [0.29, 0.717) is 23.2 Å². The monoisotopic (exact) mass is 421 g/mol. The molecule has 0 unspecified atom stereocenters. The highest BCUT2D eigenvalue weighted by molar-refractivity contribution is 9.10. The van der Waals surface area contributed by atoms with Crippen molar-refractivity contribution in [1.29, 1.82) is 0 Å². The molecule has 2 rings (SSSR count). The SMILES string of the molecule is COCC1(CNC(=O)c2ccc([N+](=O)[O-])cc2Br)CCNCC1.Cl. The van der Waals surface area contributed by atoms with E-state index in [4.69, 9.17) is 4.74 Å². The molecule has 0 aliphatic carbocycles. The van der Waals surface area contributed by atoms with Gasteiger partial charge in [-0.05, 0) is 47.9 Å². The molecule has 1 aliphatic heterocycles. The number of nitro groups is 1. The fourth-order valence-electron chi connectivity index (χ4n) is 2.80. The number of nitrogens with one attached hydrogen (secondary N) is 2. The van der Waals surface area contributed by atoms with Crippen LogP contribution in [0.15, 0.2) is 22.7 Å². The second-order valence-corrected chi connectivity index (χ2v) is 6.64. The highest BCUT2D eigenvalue weighted by atomic mass is 79.9. The van der Waals surface area contributed by atoms with E-state index in [0.717, 1.165) is 25.9 Å². The maximum Gasteiger partial charge on any atom is 0.270 e. The number of amides is 1. The van der Waals surface area contributed by atoms with Crippen molar-refractivity contribution in [3.05, 3.63) is 38.3 Å². The lowest BCUT2D eigenvalue weighted by molar-refractivity contribution is -0.384. The van der Waals surface area contributed by atoms with Crippen molar-refractivity contribution in [1.82, 2.24) is 10.6 Å². The number of nitrogens with zero attached hydrogens (tertiary/aromatic N) is 1. The van der Waals surface area contributed by atoms with Crippen molar-refractivity contribution in [2.75, 3.05) is 33.4 Å². The molecule has 9 heteroatoms. The summed E-state index contributed by atoms with van der Waals surface area (Å²) in [4.78, 5) is 22.6. The van der Waals surface area contributed by atoms with Crippen LogP contribution in [0.2, 0.25) is 0 Å². The number of carbonyl (C=O) groups is 1. The molecule has 1 aromatic carbocycles. The van der Waals surface area contributed by atoms with Crippen LogP contribution in [0.5, 0.6) is 0 Å². The summed E-state index contributed by atoms with van der Waals surface area (Å²) in [6, 6.07) is 4.13. The minimum atomic E-state index is -0.491. The zero-order valence-corrected chi connectivity index (χ0v) is 15.7. The average molecular weight is 423 g/mol. The van der Waals surface area contributed by atoms with E-state index in [-0.39, 0.29) is 29.4 Å². The minimum Gasteiger partial charge on any atom is -0.384 e. The van der Waals surface area contributed by atoms with Crippen LogP contribution in [0.1, 0.15) is 23.2 Å². The highest BCUT2D eigenvalue weighted by Crippen LogP contribution is 2.29. The first-order valence-corrected chi connectivity index (χ1v) is 8.18. The average Bonchev–Trinajstić information content (AvgIpc) is 2.53. The van der Waals surface area contributed by atoms with Crippen molar-refractivity contribution < 1.29 is 14.5 Å². The summed E-state index contributed by atoms with van der Waals surface area (Å²) in [5, 5.41) is 17.0. The number of halogens is 2. The van der Waals surface area contributed by atoms with Gasteiger partial charge in [0.05, 0.1) is 17.1 Å². The van der Waals surface area contributed by atoms with Gasteiger partial charge in [0.2, 0.25) is 0 Å². The summed E-state index contributed by atoms with van der Waals surface area (Å²) in [6.07, 6.45) is 1.87. The summed E-state index contributed by atoms with van der Waals surface area (Å²) in [7, 11) is 1.67. The molecule has 2 N–H and O–H groups in total. The summed E-state index contributed by atoms with van der Waals surface area (Å²) in [5.74, 6) is -0.249. The smallest absolute Gasteiger partial charge is 0.270 e. The van der Waals surface area contributed by atoms with Gasteiger partial charge in [-0.3, -0.25) is 14.9 Å². The largest absolute Gasteiger partial charge is 0.384 e. The maximum absolute atomic E-state index is 12.4. The third-order valence-corrected chi connectivity index (χ3v) is 4.80. The van der Waals surface area contributed by atoms with Crippen LogP contribution in [0, 0.1) is 15.5 Å². The Bertz CT molecular complexity index is 589. The number of benzene rings is 1. The number of piperidine rings is 1. The molecule has 1 aliphatic rings. The number of nitro benzene ring substituents is 1. The molecule has 1 amide bonds. The van der Waals surface area contributed by atoms with Crippen molar-refractivity contribution in [3.63, 3.8) is 0 Å². The second-order valence-electron chi connectivity index (χ2n) is 5.79.